The Bertz CT molecular complexity index is 450. The quantitative estimate of drug-likeness (QED) is 0.834. The first-order valence-electron chi connectivity index (χ1n) is 4.62. The van der Waals surface area contributed by atoms with Crippen LogP contribution in [0.25, 0.3) is 0 Å². The second kappa shape index (κ2) is 4.94. The van der Waals surface area contributed by atoms with Crippen LogP contribution in [0.4, 0.5) is 0 Å². The Morgan fingerprint density at radius 3 is 2.50 bits per heavy atom. The fourth-order valence-electron chi connectivity index (χ4n) is 1.11. The smallest absolute Gasteiger partial charge is 0.322 e. The third-order valence-corrected chi connectivity index (χ3v) is 4.29. The van der Waals surface area contributed by atoms with Crippen molar-refractivity contribution in [3.05, 3.63) is 16.8 Å². The van der Waals surface area contributed by atoms with E-state index < -0.39 is 22.0 Å². The van der Waals surface area contributed by atoms with E-state index in [0.717, 1.165) is 0 Å². The number of aliphatic carboxylic acids is 1. The van der Waals surface area contributed by atoms with E-state index in [2.05, 4.69) is 4.72 Å². The number of sulfonamides is 1. The molecule has 1 unspecified atom stereocenters. The molecule has 90 valence electrons. The lowest BCUT2D eigenvalue weighted by atomic mass is 10.1. The summed E-state index contributed by atoms with van der Waals surface area (Å²) in [5.74, 6) is -1.49. The molecule has 0 aliphatic carbocycles. The lowest BCUT2D eigenvalue weighted by Gasteiger charge is -2.17. The predicted molar refractivity (Wildman–Crippen MR) is 60.9 cm³/mol. The summed E-state index contributed by atoms with van der Waals surface area (Å²) in [6.07, 6.45) is 0. The van der Waals surface area contributed by atoms with Gasteiger partial charge < -0.3 is 5.11 Å². The molecule has 0 fully saturated rings. The van der Waals surface area contributed by atoms with Crippen LogP contribution < -0.4 is 4.72 Å². The highest BCUT2D eigenvalue weighted by Gasteiger charge is 2.27. The lowest BCUT2D eigenvalue weighted by Crippen LogP contribution is -2.44. The Morgan fingerprint density at radius 1 is 1.50 bits per heavy atom. The normalized spacial score (nSPS) is 13.9. The van der Waals surface area contributed by atoms with E-state index in [-0.39, 0.29) is 10.8 Å². The third kappa shape index (κ3) is 3.03. The van der Waals surface area contributed by atoms with Crippen molar-refractivity contribution in [1.29, 1.82) is 0 Å². The number of nitrogens with one attached hydrogen (secondary N) is 1. The van der Waals surface area contributed by atoms with Gasteiger partial charge in [0.2, 0.25) is 10.0 Å². The first-order chi connectivity index (χ1) is 7.34. The summed E-state index contributed by atoms with van der Waals surface area (Å²) >= 11 is 1.24. The van der Waals surface area contributed by atoms with Gasteiger partial charge in [-0.1, -0.05) is 13.8 Å². The second-order valence-corrected chi connectivity index (χ2v) is 6.13. The van der Waals surface area contributed by atoms with Gasteiger partial charge in [0.1, 0.15) is 6.04 Å². The number of rotatable bonds is 5. The molecule has 16 heavy (non-hydrogen) atoms. The van der Waals surface area contributed by atoms with Gasteiger partial charge in [-0.05, 0) is 17.4 Å². The number of carboxylic acid groups (broad SMARTS) is 1. The van der Waals surface area contributed by atoms with E-state index in [1.54, 1.807) is 19.2 Å². The Morgan fingerprint density at radius 2 is 2.12 bits per heavy atom. The summed E-state index contributed by atoms with van der Waals surface area (Å²) in [6, 6.07) is 0.330. The minimum absolute atomic E-state index is 0.101. The van der Waals surface area contributed by atoms with E-state index in [1.165, 1.54) is 22.8 Å². The van der Waals surface area contributed by atoms with E-state index in [0.29, 0.717) is 0 Å². The minimum Gasteiger partial charge on any atom is -0.480 e. The standard InChI is InChI=1S/C9H13NO4S2/c1-6(2)8(9(11)12)10-16(13,14)7-3-4-15-5-7/h3-6,8,10H,1-2H3,(H,11,12). The van der Waals surface area contributed by atoms with Gasteiger partial charge in [-0.25, -0.2) is 8.42 Å². The van der Waals surface area contributed by atoms with Crippen LogP contribution in [0.3, 0.4) is 0 Å². The molecule has 1 heterocycles. The molecule has 0 spiro atoms. The lowest BCUT2D eigenvalue weighted by molar-refractivity contribution is -0.140. The van der Waals surface area contributed by atoms with Crippen LogP contribution in [-0.2, 0) is 14.8 Å². The summed E-state index contributed by atoms with van der Waals surface area (Å²) in [5, 5.41) is 12.0. The van der Waals surface area contributed by atoms with Gasteiger partial charge in [-0.3, -0.25) is 4.79 Å². The molecule has 0 amide bonds. The van der Waals surface area contributed by atoms with Crippen LogP contribution in [0.2, 0.25) is 0 Å². The monoisotopic (exact) mass is 263 g/mol. The summed E-state index contributed by atoms with van der Waals surface area (Å²) < 4.78 is 25.7. The predicted octanol–water partition coefficient (Wildman–Crippen LogP) is 1.14. The fourth-order valence-corrected chi connectivity index (χ4v) is 3.48. The molecular formula is C9H13NO4S2. The van der Waals surface area contributed by atoms with Crippen LogP contribution in [0.15, 0.2) is 21.7 Å². The molecule has 1 atom stereocenters. The zero-order valence-electron chi connectivity index (χ0n) is 8.88. The summed E-state index contributed by atoms with van der Waals surface area (Å²) in [6.45, 7) is 3.30. The zero-order valence-corrected chi connectivity index (χ0v) is 10.5. The average molecular weight is 263 g/mol. The highest BCUT2D eigenvalue weighted by Crippen LogP contribution is 2.14. The van der Waals surface area contributed by atoms with Crippen LogP contribution in [0.5, 0.6) is 0 Å². The molecule has 7 heteroatoms. The summed E-state index contributed by atoms with van der Waals surface area (Å²) in [7, 11) is -3.73. The van der Waals surface area contributed by atoms with Gasteiger partial charge in [0.15, 0.2) is 0 Å². The van der Waals surface area contributed by atoms with Gasteiger partial charge in [-0.15, -0.1) is 0 Å². The average Bonchev–Trinajstić information content (AvgIpc) is 2.66. The molecule has 0 saturated heterocycles. The molecule has 1 aromatic heterocycles. The van der Waals surface area contributed by atoms with Crippen LogP contribution in [0, 0.1) is 5.92 Å². The molecule has 1 aromatic rings. The Kier molecular flexibility index (Phi) is 4.06. The topological polar surface area (TPSA) is 83.5 Å². The molecular weight excluding hydrogens is 250 g/mol. The van der Waals surface area contributed by atoms with Gasteiger partial charge in [0.05, 0.1) is 4.90 Å². The maximum atomic E-state index is 11.7. The van der Waals surface area contributed by atoms with Crippen LogP contribution in [0.1, 0.15) is 13.8 Å². The number of hydrogen-bond acceptors (Lipinski definition) is 4. The molecule has 0 radical (unpaired) electrons. The third-order valence-electron chi connectivity index (χ3n) is 2.02. The molecule has 5 nitrogen and oxygen atoms in total. The first-order valence-corrected chi connectivity index (χ1v) is 7.04. The van der Waals surface area contributed by atoms with Gasteiger partial charge in [-0.2, -0.15) is 16.1 Å². The highest BCUT2D eigenvalue weighted by atomic mass is 32.2. The number of thiophene rings is 1. The second-order valence-electron chi connectivity index (χ2n) is 3.64. The van der Waals surface area contributed by atoms with Gasteiger partial charge >= 0.3 is 5.97 Å². The van der Waals surface area contributed by atoms with Crippen molar-refractivity contribution in [1.82, 2.24) is 4.72 Å². The van der Waals surface area contributed by atoms with Crippen molar-refractivity contribution in [2.75, 3.05) is 0 Å². The molecule has 0 bridgehead atoms. The zero-order chi connectivity index (χ0) is 12.3. The van der Waals surface area contributed by atoms with Crippen molar-refractivity contribution in [3.8, 4) is 0 Å². The number of hydrogen-bond donors (Lipinski definition) is 2. The van der Waals surface area contributed by atoms with E-state index in [1.807, 2.05) is 0 Å². The highest BCUT2D eigenvalue weighted by molar-refractivity contribution is 7.89. The molecule has 0 aromatic carbocycles. The number of carboxylic acids is 1. The molecule has 0 saturated carbocycles. The summed E-state index contributed by atoms with van der Waals surface area (Å²) in [4.78, 5) is 11.0. The summed E-state index contributed by atoms with van der Waals surface area (Å²) in [5.41, 5.74) is 0. The van der Waals surface area contributed by atoms with Crippen LogP contribution in [-0.4, -0.2) is 25.5 Å². The van der Waals surface area contributed by atoms with Crippen molar-refractivity contribution in [2.45, 2.75) is 24.8 Å². The molecule has 0 aliphatic rings. The Hall–Kier alpha value is -0.920. The van der Waals surface area contributed by atoms with Crippen LogP contribution >= 0.6 is 11.3 Å². The van der Waals surface area contributed by atoms with Crippen molar-refractivity contribution >= 4 is 27.3 Å². The van der Waals surface area contributed by atoms with E-state index >= 15 is 0 Å². The van der Waals surface area contributed by atoms with Crippen molar-refractivity contribution < 1.29 is 18.3 Å². The fraction of sp³-hybridized carbons (Fsp3) is 0.444. The Labute approximate surface area is 98.2 Å². The largest absolute Gasteiger partial charge is 0.480 e. The van der Waals surface area contributed by atoms with E-state index in [9.17, 15) is 13.2 Å². The molecule has 1 rings (SSSR count). The Balaban J connectivity index is 2.92. The number of carbonyl (C=O) groups is 1. The maximum Gasteiger partial charge on any atom is 0.322 e. The molecule has 0 aliphatic heterocycles. The van der Waals surface area contributed by atoms with Gasteiger partial charge in [0.25, 0.3) is 0 Å². The van der Waals surface area contributed by atoms with Crippen molar-refractivity contribution in [3.63, 3.8) is 0 Å². The van der Waals surface area contributed by atoms with Crippen molar-refractivity contribution in [2.24, 2.45) is 5.92 Å². The van der Waals surface area contributed by atoms with Gasteiger partial charge in [0, 0.05) is 5.38 Å². The molecule has 2 N–H and O–H groups in total. The maximum absolute atomic E-state index is 11.7. The first kappa shape index (κ1) is 13.1. The SMILES string of the molecule is CC(C)C(NS(=O)(=O)c1ccsc1)C(=O)O. The minimum atomic E-state index is -3.73. The van der Waals surface area contributed by atoms with E-state index in [4.69, 9.17) is 5.11 Å².